The monoisotopic (exact) mass is 411 g/mol. The molecule has 0 radical (unpaired) electrons. The second-order valence-corrected chi connectivity index (χ2v) is 9.69. The van der Waals surface area contributed by atoms with E-state index in [2.05, 4.69) is 29.3 Å². The predicted octanol–water partition coefficient (Wildman–Crippen LogP) is 3.09. The van der Waals surface area contributed by atoms with E-state index in [4.69, 9.17) is 0 Å². The Hall–Kier alpha value is -1.88. The van der Waals surface area contributed by atoms with Crippen molar-refractivity contribution in [1.29, 1.82) is 0 Å². The Balaban J connectivity index is 1.12. The van der Waals surface area contributed by atoms with Crippen LogP contribution in [-0.2, 0) is 16.0 Å². The lowest BCUT2D eigenvalue weighted by molar-refractivity contribution is -0.133. The second kappa shape index (κ2) is 9.95. The number of piperazine rings is 1. The fourth-order valence-electron chi connectivity index (χ4n) is 5.92. The topological polar surface area (TPSA) is 52.7 Å². The number of hydrogen-bond donors (Lipinski definition) is 1. The third kappa shape index (κ3) is 5.42. The Labute approximate surface area is 181 Å². The second-order valence-electron chi connectivity index (χ2n) is 9.69. The van der Waals surface area contributed by atoms with Gasteiger partial charge >= 0.3 is 0 Å². The molecule has 1 saturated heterocycles. The molecule has 5 heteroatoms. The average Bonchev–Trinajstić information content (AvgIpc) is 3.39. The average molecular weight is 412 g/mol. The predicted molar refractivity (Wildman–Crippen MR) is 119 cm³/mol. The molecule has 2 saturated carbocycles. The normalized spacial score (nSPS) is 27.2. The van der Waals surface area contributed by atoms with Gasteiger partial charge in [0.1, 0.15) is 0 Å². The molecule has 4 unspecified atom stereocenters. The van der Waals surface area contributed by atoms with E-state index in [-0.39, 0.29) is 11.8 Å². The number of nitrogens with zero attached hydrogens (tertiary/aromatic N) is 2. The SMILES string of the molecule is CC(NC(=O)CN1CCN(C(=O)CCCc2ccccc2)CC1)C1CC2CCC1C2. The van der Waals surface area contributed by atoms with Gasteiger partial charge in [-0.1, -0.05) is 36.8 Å². The molecule has 1 aromatic carbocycles. The molecule has 1 aliphatic heterocycles. The number of aryl methyl sites for hydroxylation is 1. The number of fused-ring (bicyclic) bond motifs is 2. The molecule has 4 atom stereocenters. The van der Waals surface area contributed by atoms with Crippen molar-refractivity contribution in [2.75, 3.05) is 32.7 Å². The number of nitrogens with one attached hydrogen (secondary N) is 1. The van der Waals surface area contributed by atoms with Crippen molar-refractivity contribution >= 4 is 11.8 Å². The molecular weight excluding hydrogens is 374 g/mol. The van der Waals surface area contributed by atoms with Crippen LogP contribution in [0.3, 0.4) is 0 Å². The van der Waals surface area contributed by atoms with E-state index < -0.39 is 0 Å². The Kier molecular flexibility index (Phi) is 7.08. The molecule has 164 valence electrons. The maximum absolute atomic E-state index is 12.5. The summed E-state index contributed by atoms with van der Waals surface area (Å²) in [7, 11) is 0. The Morgan fingerprint density at radius 2 is 1.83 bits per heavy atom. The zero-order valence-corrected chi connectivity index (χ0v) is 18.4. The summed E-state index contributed by atoms with van der Waals surface area (Å²) in [6.07, 6.45) is 7.90. The van der Waals surface area contributed by atoms with Crippen LogP contribution in [0, 0.1) is 17.8 Å². The van der Waals surface area contributed by atoms with Gasteiger partial charge < -0.3 is 10.2 Å². The van der Waals surface area contributed by atoms with Crippen LogP contribution >= 0.6 is 0 Å². The number of carbonyl (C=O) groups excluding carboxylic acids is 2. The van der Waals surface area contributed by atoms with E-state index in [1.165, 1.54) is 31.2 Å². The zero-order valence-electron chi connectivity index (χ0n) is 18.4. The van der Waals surface area contributed by atoms with Crippen LogP contribution in [0.15, 0.2) is 30.3 Å². The molecule has 30 heavy (non-hydrogen) atoms. The first-order valence-electron chi connectivity index (χ1n) is 11.9. The van der Waals surface area contributed by atoms with E-state index in [0.717, 1.165) is 50.9 Å². The first-order valence-corrected chi connectivity index (χ1v) is 11.9. The van der Waals surface area contributed by atoms with E-state index in [1.54, 1.807) is 0 Å². The van der Waals surface area contributed by atoms with Crippen LogP contribution in [-0.4, -0.2) is 60.4 Å². The van der Waals surface area contributed by atoms with Gasteiger partial charge in [0.2, 0.25) is 11.8 Å². The standard InChI is InChI=1S/C25H37N3O2/c1-19(23-17-21-10-11-22(23)16-21)26-24(29)18-27-12-14-28(15-13-27)25(30)9-5-8-20-6-3-2-4-7-20/h2-4,6-7,19,21-23H,5,8-18H2,1H3,(H,26,29). The first-order chi connectivity index (χ1) is 14.6. The van der Waals surface area contributed by atoms with Crippen molar-refractivity contribution < 1.29 is 9.59 Å². The fourth-order valence-corrected chi connectivity index (χ4v) is 5.92. The molecule has 2 aliphatic carbocycles. The van der Waals surface area contributed by atoms with Gasteiger partial charge in [-0.05, 0) is 62.3 Å². The van der Waals surface area contributed by atoms with Gasteiger partial charge in [-0.2, -0.15) is 0 Å². The fraction of sp³-hybridized carbons (Fsp3) is 0.680. The van der Waals surface area contributed by atoms with E-state index in [0.29, 0.717) is 24.9 Å². The van der Waals surface area contributed by atoms with E-state index in [9.17, 15) is 9.59 Å². The Morgan fingerprint density at radius 3 is 2.50 bits per heavy atom. The summed E-state index contributed by atoms with van der Waals surface area (Å²) >= 11 is 0. The highest BCUT2D eigenvalue weighted by molar-refractivity contribution is 5.78. The molecule has 0 aromatic heterocycles. The van der Waals surface area contributed by atoms with Crippen molar-refractivity contribution in [2.24, 2.45) is 17.8 Å². The number of carbonyl (C=O) groups is 2. The molecule has 5 nitrogen and oxygen atoms in total. The van der Waals surface area contributed by atoms with Crippen LogP contribution in [0.4, 0.5) is 0 Å². The number of hydrogen-bond acceptors (Lipinski definition) is 3. The Bertz CT molecular complexity index is 714. The summed E-state index contributed by atoms with van der Waals surface area (Å²) in [6.45, 7) is 5.70. The maximum atomic E-state index is 12.5. The van der Waals surface area contributed by atoms with Gasteiger partial charge in [-0.3, -0.25) is 14.5 Å². The van der Waals surface area contributed by atoms with Crippen molar-refractivity contribution in [3.63, 3.8) is 0 Å². The lowest BCUT2D eigenvalue weighted by atomic mass is 9.84. The summed E-state index contributed by atoms with van der Waals surface area (Å²) in [6, 6.07) is 10.6. The molecular formula is C25H37N3O2. The highest BCUT2D eigenvalue weighted by Gasteiger charge is 2.42. The van der Waals surface area contributed by atoms with E-state index >= 15 is 0 Å². The molecule has 0 spiro atoms. The molecule has 3 aliphatic rings. The molecule has 2 bridgehead atoms. The molecule has 1 heterocycles. The largest absolute Gasteiger partial charge is 0.352 e. The Morgan fingerprint density at radius 1 is 1.07 bits per heavy atom. The van der Waals surface area contributed by atoms with Gasteiger partial charge in [-0.25, -0.2) is 0 Å². The van der Waals surface area contributed by atoms with E-state index in [1.807, 2.05) is 23.1 Å². The lowest BCUT2D eigenvalue weighted by Gasteiger charge is -2.35. The summed E-state index contributed by atoms with van der Waals surface area (Å²) in [5.74, 6) is 2.82. The van der Waals surface area contributed by atoms with Gasteiger partial charge in [-0.15, -0.1) is 0 Å². The molecule has 2 amide bonds. The minimum atomic E-state index is 0.146. The van der Waals surface area contributed by atoms with Crippen molar-refractivity contribution in [1.82, 2.24) is 15.1 Å². The number of amides is 2. The molecule has 1 aromatic rings. The van der Waals surface area contributed by atoms with Crippen LogP contribution in [0.25, 0.3) is 0 Å². The first kappa shape index (κ1) is 21.4. The van der Waals surface area contributed by atoms with Gasteiger partial charge in [0.25, 0.3) is 0 Å². The number of rotatable bonds is 8. The van der Waals surface area contributed by atoms with Gasteiger partial charge in [0.15, 0.2) is 0 Å². The van der Waals surface area contributed by atoms with Crippen LogP contribution in [0.1, 0.15) is 51.0 Å². The highest BCUT2D eigenvalue weighted by Crippen LogP contribution is 2.49. The third-order valence-corrected chi connectivity index (χ3v) is 7.61. The smallest absolute Gasteiger partial charge is 0.234 e. The van der Waals surface area contributed by atoms with Crippen LogP contribution in [0.5, 0.6) is 0 Å². The quantitative estimate of drug-likeness (QED) is 0.715. The zero-order chi connectivity index (χ0) is 20.9. The highest BCUT2D eigenvalue weighted by atomic mass is 16.2. The summed E-state index contributed by atoms with van der Waals surface area (Å²) in [5.41, 5.74) is 1.29. The minimum Gasteiger partial charge on any atom is -0.352 e. The van der Waals surface area contributed by atoms with Crippen molar-refractivity contribution in [3.8, 4) is 0 Å². The van der Waals surface area contributed by atoms with Crippen molar-refractivity contribution in [2.45, 2.75) is 57.9 Å². The van der Waals surface area contributed by atoms with Crippen molar-refractivity contribution in [3.05, 3.63) is 35.9 Å². The minimum absolute atomic E-state index is 0.146. The van der Waals surface area contributed by atoms with Gasteiger partial charge in [0.05, 0.1) is 6.54 Å². The van der Waals surface area contributed by atoms with Gasteiger partial charge in [0, 0.05) is 38.6 Å². The summed E-state index contributed by atoms with van der Waals surface area (Å²) in [4.78, 5) is 29.2. The lowest BCUT2D eigenvalue weighted by Crippen LogP contribution is -2.52. The van der Waals surface area contributed by atoms with Crippen LogP contribution < -0.4 is 5.32 Å². The summed E-state index contributed by atoms with van der Waals surface area (Å²) < 4.78 is 0. The number of benzene rings is 1. The molecule has 3 fully saturated rings. The third-order valence-electron chi connectivity index (χ3n) is 7.61. The molecule has 4 rings (SSSR count). The molecule has 1 N–H and O–H groups in total. The maximum Gasteiger partial charge on any atom is 0.234 e. The van der Waals surface area contributed by atoms with Crippen LogP contribution in [0.2, 0.25) is 0 Å². The summed E-state index contributed by atoms with van der Waals surface area (Å²) in [5, 5.41) is 3.27.